The number of aromatic nitrogens is 1. The minimum atomic E-state index is 0.496. The van der Waals surface area contributed by atoms with Gasteiger partial charge in [0.2, 0.25) is 0 Å². The number of hydrogen-bond donors (Lipinski definition) is 1. The second kappa shape index (κ2) is 5.45. The van der Waals surface area contributed by atoms with E-state index >= 15 is 0 Å². The van der Waals surface area contributed by atoms with Crippen LogP contribution in [0, 0.1) is 20.8 Å². The molecule has 0 amide bonds. The van der Waals surface area contributed by atoms with Crippen molar-refractivity contribution in [3.05, 3.63) is 46.5 Å². The van der Waals surface area contributed by atoms with Crippen LogP contribution in [0.1, 0.15) is 28.3 Å². The maximum absolute atomic E-state index is 5.85. The van der Waals surface area contributed by atoms with Crippen molar-refractivity contribution in [2.75, 3.05) is 11.9 Å². The zero-order valence-corrected chi connectivity index (χ0v) is 12.0. The number of furan rings is 1. The summed E-state index contributed by atoms with van der Waals surface area (Å²) in [6.45, 7) is 7.21. The van der Waals surface area contributed by atoms with E-state index in [9.17, 15) is 0 Å². The van der Waals surface area contributed by atoms with Gasteiger partial charge in [0.15, 0.2) is 0 Å². The Balaban J connectivity index is 2.30. The predicted octanol–water partition coefficient (Wildman–Crippen LogP) is 2.69. The van der Waals surface area contributed by atoms with Crippen LogP contribution in [0.5, 0.6) is 0 Å². The van der Waals surface area contributed by atoms with Crippen molar-refractivity contribution in [1.82, 2.24) is 4.98 Å². The van der Waals surface area contributed by atoms with E-state index < -0.39 is 0 Å². The van der Waals surface area contributed by atoms with Crippen LogP contribution in [0.25, 0.3) is 0 Å². The lowest BCUT2D eigenvalue weighted by Gasteiger charge is -2.21. The number of anilines is 1. The first-order chi connectivity index (χ1) is 9.01. The lowest BCUT2D eigenvalue weighted by molar-refractivity contribution is 0.481. The first kappa shape index (κ1) is 13.6. The van der Waals surface area contributed by atoms with E-state index in [1.54, 1.807) is 0 Å². The molecule has 0 aliphatic rings. The van der Waals surface area contributed by atoms with E-state index in [1.807, 2.05) is 33.0 Å². The zero-order chi connectivity index (χ0) is 14.0. The SMILES string of the molecule is Cc1cc(C)c(CN)c(N(C)Cc2ccc(C)o2)n1. The van der Waals surface area contributed by atoms with Gasteiger partial charge in [0.05, 0.1) is 6.54 Å². The van der Waals surface area contributed by atoms with Gasteiger partial charge < -0.3 is 15.1 Å². The highest BCUT2D eigenvalue weighted by Gasteiger charge is 2.13. The second-order valence-corrected chi connectivity index (χ2v) is 4.96. The van der Waals surface area contributed by atoms with Gasteiger partial charge in [-0.25, -0.2) is 4.98 Å². The van der Waals surface area contributed by atoms with Crippen LogP contribution in [0.3, 0.4) is 0 Å². The molecule has 2 N–H and O–H groups in total. The minimum absolute atomic E-state index is 0.496. The van der Waals surface area contributed by atoms with E-state index in [0.717, 1.165) is 28.6 Å². The number of aryl methyl sites for hydroxylation is 3. The maximum Gasteiger partial charge on any atom is 0.133 e. The Morgan fingerprint density at radius 3 is 2.58 bits per heavy atom. The van der Waals surface area contributed by atoms with Gasteiger partial charge >= 0.3 is 0 Å². The Bertz CT molecular complexity index is 575. The van der Waals surface area contributed by atoms with Gasteiger partial charge in [-0.1, -0.05) is 0 Å². The van der Waals surface area contributed by atoms with Crippen molar-refractivity contribution >= 4 is 5.82 Å². The minimum Gasteiger partial charge on any atom is -0.464 e. The predicted molar refractivity (Wildman–Crippen MR) is 77.2 cm³/mol. The molecule has 0 radical (unpaired) electrons. The largest absolute Gasteiger partial charge is 0.464 e. The lowest BCUT2D eigenvalue weighted by atomic mass is 10.1. The summed E-state index contributed by atoms with van der Waals surface area (Å²) in [6.07, 6.45) is 0. The molecule has 0 saturated carbocycles. The Hall–Kier alpha value is -1.81. The smallest absolute Gasteiger partial charge is 0.133 e. The normalized spacial score (nSPS) is 10.8. The number of hydrogen-bond acceptors (Lipinski definition) is 4. The van der Waals surface area contributed by atoms with Gasteiger partial charge in [-0.05, 0) is 44.5 Å². The molecule has 0 spiro atoms. The number of nitrogens with zero attached hydrogens (tertiary/aromatic N) is 2. The molecule has 0 fully saturated rings. The van der Waals surface area contributed by atoms with Gasteiger partial charge in [-0.2, -0.15) is 0 Å². The fraction of sp³-hybridized carbons (Fsp3) is 0.400. The van der Waals surface area contributed by atoms with E-state index in [1.165, 1.54) is 5.56 Å². The molecule has 2 heterocycles. The van der Waals surface area contributed by atoms with Crippen molar-refractivity contribution in [3.8, 4) is 0 Å². The summed E-state index contributed by atoms with van der Waals surface area (Å²) in [5, 5.41) is 0. The van der Waals surface area contributed by atoms with E-state index in [4.69, 9.17) is 10.2 Å². The molecular formula is C15H21N3O. The quantitative estimate of drug-likeness (QED) is 0.917. The fourth-order valence-corrected chi connectivity index (χ4v) is 2.29. The van der Waals surface area contributed by atoms with Gasteiger partial charge in [0.25, 0.3) is 0 Å². The standard InChI is InChI=1S/C15H21N3O/c1-10-7-11(2)17-15(14(10)8-16)18(4)9-13-6-5-12(3)19-13/h5-7H,8-9,16H2,1-4H3. The van der Waals surface area contributed by atoms with Crippen molar-refractivity contribution in [1.29, 1.82) is 0 Å². The molecule has 2 aromatic rings. The Kier molecular flexibility index (Phi) is 3.90. The maximum atomic E-state index is 5.85. The van der Waals surface area contributed by atoms with E-state index in [0.29, 0.717) is 13.1 Å². The summed E-state index contributed by atoms with van der Waals surface area (Å²) >= 11 is 0. The molecular weight excluding hydrogens is 238 g/mol. The first-order valence-electron chi connectivity index (χ1n) is 6.45. The fourth-order valence-electron chi connectivity index (χ4n) is 2.29. The van der Waals surface area contributed by atoms with Gasteiger partial charge in [-0.3, -0.25) is 0 Å². The van der Waals surface area contributed by atoms with Crippen LogP contribution in [0.2, 0.25) is 0 Å². The molecule has 19 heavy (non-hydrogen) atoms. The number of nitrogens with two attached hydrogens (primary N) is 1. The molecule has 2 aromatic heterocycles. The Morgan fingerprint density at radius 2 is 2.00 bits per heavy atom. The average Bonchev–Trinajstić information content (AvgIpc) is 2.73. The second-order valence-electron chi connectivity index (χ2n) is 4.96. The molecule has 0 bridgehead atoms. The highest BCUT2D eigenvalue weighted by Crippen LogP contribution is 2.23. The molecule has 4 heteroatoms. The van der Waals surface area contributed by atoms with E-state index in [2.05, 4.69) is 22.9 Å². The highest BCUT2D eigenvalue weighted by molar-refractivity contribution is 5.51. The summed E-state index contributed by atoms with van der Waals surface area (Å²) in [4.78, 5) is 6.70. The monoisotopic (exact) mass is 259 g/mol. The molecule has 2 rings (SSSR count). The van der Waals surface area contributed by atoms with Crippen molar-refractivity contribution in [2.24, 2.45) is 5.73 Å². The van der Waals surface area contributed by atoms with Crippen LogP contribution in [-0.4, -0.2) is 12.0 Å². The average molecular weight is 259 g/mol. The van der Waals surface area contributed by atoms with Crippen LogP contribution in [-0.2, 0) is 13.1 Å². The molecule has 0 atom stereocenters. The first-order valence-corrected chi connectivity index (χ1v) is 6.45. The Morgan fingerprint density at radius 1 is 1.26 bits per heavy atom. The third-order valence-electron chi connectivity index (χ3n) is 3.21. The van der Waals surface area contributed by atoms with Crippen molar-refractivity contribution < 1.29 is 4.42 Å². The molecule has 0 aromatic carbocycles. The van der Waals surface area contributed by atoms with Crippen LogP contribution in [0.15, 0.2) is 22.6 Å². The number of rotatable bonds is 4. The summed E-state index contributed by atoms with van der Waals surface area (Å²) in [7, 11) is 2.01. The summed E-state index contributed by atoms with van der Waals surface area (Å²) in [6, 6.07) is 6.04. The summed E-state index contributed by atoms with van der Waals surface area (Å²) < 4.78 is 5.61. The lowest BCUT2D eigenvalue weighted by Crippen LogP contribution is -2.21. The molecule has 0 unspecified atom stereocenters. The topological polar surface area (TPSA) is 55.3 Å². The summed E-state index contributed by atoms with van der Waals surface area (Å²) in [5.74, 6) is 2.80. The summed E-state index contributed by atoms with van der Waals surface area (Å²) in [5.41, 5.74) is 9.13. The molecule has 4 nitrogen and oxygen atoms in total. The van der Waals surface area contributed by atoms with Crippen molar-refractivity contribution in [2.45, 2.75) is 33.9 Å². The third-order valence-corrected chi connectivity index (χ3v) is 3.21. The van der Waals surface area contributed by atoms with Crippen molar-refractivity contribution in [3.63, 3.8) is 0 Å². The van der Waals surface area contributed by atoms with Crippen LogP contribution < -0.4 is 10.6 Å². The molecule has 0 saturated heterocycles. The molecule has 102 valence electrons. The molecule has 0 aliphatic heterocycles. The third kappa shape index (κ3) is 2.96. The van der Waals surface area contributed by atoms with Crippen LogP contribution in [0.4, 0.5) is 5.82 Å². The zero-order valence-electron chi connectivity index (χ0n) is 12.0. The van der Waals surface area contributed by atoms with Crippen LogP contribution >= 0.6 is 0 Å². The highest BCUT2D eigenvalue weighted by atomic mass is 16.3. The van der Waals surface area contributed by atoms with Gasteiger partial charge in [0.1, 0.15) is 17.3 Å². The van der Waals surface area contributed by atoms with E-state index in [-0.39, 0.29) is 0 Å². The molecule has 0 aliphatic carbocycles. The number of pyridine rings is 1. The Labute approximate surface area is 114 Å². The van der Waals surface area contributed by atoms with Gasteiger partial charge in [-0.15, -0.1) is 0 Å². The van der Waals surface area contributed by atoms with Gasteiger partial charge in [0, 0.05) is 24.8 Å².